The van der Waals surface area contributed by atoms with Crippen LogP contribution in [0.4, 0.5) is 11.4 Å². The second-order valence-corrected chi connectivity index (χ2v) is 7.11. The van der Waals surface area contributed by atoms with Crippen LogP contribution >= 0.6 is 11.6 Å². The highest BCUT2D eigenvalue weighted by Gasteiger charge is 2.48. The minimum atomic E-state index is -0.276. The molecule has 1 aliphatic carbocycles. The third-order valence-electron chi connectivity index (χ3n) is 4.42. The molecule has 130 valence electrons. The molecule has 4 nitrogen and oxygen atoms in total. The van der Waals surface area contributed by atoms with Crippen LogP contribution in [0.15, 0.2) is 48.5 Å². The maximum atomic E-state index is 12.5. The number of nitrogens with one attached hydrogen (secondary N) is 2. The highest BCUT2D eigenvalue weighted by atomic mass is 35.5. The predicted molar refractivity (Wildman–Crippen MR) is 101 cm³/mol. The van der Waals surface area contributed by atoms with Gasteiger partial charge in [-0.1, -0.05) is 43.6 Å². The number of carbonyl (C=O) groups excluding carboxylic acids is 2. The Kier molecular flexibility index (Phi) is 5.09. The zero-order valence-corrected chi connectivity index (χ0v) is 15.0. The molecule has 3 rings (SSSR count). The first-order valence-electron chi connectivity index (χ1n) is 8.42. The third kappa shape index (κ3) is 4.20. The molecule has 1 aliphatic rings. The maximum absolute atomic E-state index is 12.5. The molecule has 2 amide bonds. The molecular formula is C20H21ClN2O2. The van der Waals surface area contributed by atoms with Crippen LogP contribution in [0.2, 0.25) is 5.02 Å². The smallest absolute Gasteiger partial charge is 0.228 e. The Morgan fingerprint density at radius 1 is 0.960 bits per heavy atom. The number of para-hydroxylation sites is 1. The van der Waals surface area contributed by atoms with Gasteiger partial charge >= 0.3 is 0 Å². The maximum Gasteiger partial charge on any atom is 0.228 e. The second-order valence-electron chi connectivity index (χ2n) is 6.68. The van der Waals surface area contributed by atoms with Gasteiger partial charge in [0.1, 0.15) is 0 Å². The number of benzene rings is 2. The number of anilines is 2. The van der Waals surface area contributed by atoms with Gasteiger partial charge in [0.15, 0.2) is 0 Å². The van der Waals surface area contributed by atoms with Crippen LogP contribution < -0.4 is 10.6 Å². The summed E-state index contributed by atoms with van der Waals surface area (Å²) in [6.07, 6.45) is 0.578. The summed E-state index contributed by atoms with van der Waals surface area (Å²) in [4.78, 5) is 24.7. The van der Waals surface area contributed by atoms with Crippen molar-refractivity contribution in [2.45, 2.75) is 26.2 Å². The topological polar surface area (TPSA) is 58.2 Å². The molecule has 0 aliphatic heterocycles. The first kappa shape index (κ1) is 17.5. The summed E-state index contributed by atoms with van der Waals surface area (Å²) in [6, 6.07) is 14.7. The molecule has 2 aromatic rings. The van der Waals surface area contributed by atoms with Gasteiger partial charge in [-0.2, -0.15) is 0 Å². The van der Waals surface area contributed by atoms with E-state index in [-0.39, 0.29) is 23.7 Å². The fourth-order valence-electron chi connectivity index (χ4n) is 2.88. The first-order valence-corrected chi connectivity index (χ1v) is 8.79. The van der Waals surface area contributed by atoms with Crippen molar-refractivity contribution in [3.8, 4) is 0 Å². The molecule has 1 saturated carbocycles. The van der Waals surface area contributed by atoms with E-state index in [0.717, 1.165) is 11.3 Å². The zero-order valence-electron chi connectivity index (χ0n) is 14.3. The summed E-state index contributed by atoms with van der Waals surface area (Å²) in [5.41, 5.74) is 2.61. The Bertz CT molecular complexity index is 787. The predicted octanol–water partition coefficient (Wildman–Crippen LogP) is 4.68. The fourth-order valence-corrected chi connectivity index (χ4v) is 3.01. The molecule has 2 atom stereocenters. The van der Waals surface area contributed by atoms with E-state index in [1.807, 2.05) is 24.3 Å². The van der Waals surface area contributed by atoms with E-state index < -0.39 is 0 Å². The van der Waals surface area contributed by atoms with Crippen LogP contribution in [0.25, 0.3) is 0 Å². The molecular weight excluding hydrogens is 336 g/mol. The molecule has 0 bridgehead atoms. The molecule has 0 spiro atoms. The van der Waals surface area contributed by atoms with Gasteiger partial charge < -0.3 is 10.6 Å². The molecule has 0 heterocycles. The van der Waals surface area contributed by atoms with Crippen LogP contribution in [0.1, 0.15) is 31.7 Å². The highest BCUT2D eigenvalue weighted by Crippen LogP contribution is 2.40. The Hall–Kier alpha value is -2.33. The van der Waals surface area contributed by atoms with Gasteiger partial charge in [0, 0.05) is 16.4 Å². The molecule has 0 radical (unpaired) electrons. The Morgan fingerprint density at radius 2 is 1.56 bits per heavy atom. The summed E-state index contributed by atoms with van der Waals surface area (Å²) in [5, 5.41) is 6.42. The van der Waals surface area contributed by atoms with Crippen molar-refractivity contribution >= 4 is 34.8 Å². The van der Waals surface area contributed by atoms with Crippen molar-refractivity contribution in [3.05, 3.63) is 59.1 Å². The molecule has 2 unspecified atom stereocenters. The van der Waals surface area contributed by atoms with E-state index in [1.54, 1.807) is 24.3 Å². The van der Waals surface area contributed by atoms with Crippen molar-refractivity contribution in [3.63, 3.8) is 0 Å². The number of hydrogen-bond acceptors (Lipinski definition) is 2. The molecule has 0 aromatic heterocycles. The van der Waals surface area contributed by atoms with E-state index in [2.05, 4.69) is 24.5 Å². The Morgan fingerprint density at radius 3 is 2.20 bits per heavy atom. The van der Waals surface area contributed by atoms with Crippen molar-refractivity contribution in [1.29, 1.82) is 0 Å². The third-order valence-corrected chi connectivity index (χ3v) is 4.67. The van der Waals surface area contributed by atoms with Gasteiger partial charge in [-0.15, -0.1) is 0 Å². The van der Waals surface area contributed by atoms with Crippen molar-refractivity contribution < 1.29 is 9.59 Å². The SMILES string of the molecule is CC(C)c1ccccc1NC(=O)C1CC1C(=O)Nc1ccc(Cl)cc1. The molecule has 1 fully saturated rings. The van der Waals surface area contributed by atoms with E-state index in [0.29, 0.717) is 23.0 Å². The molecule has 2 N–H and O–H groups in total. The Labute approximate surface area is 152 Å². The first-order chi connectivity index (χ1) is 12.0. The quantitative estimate of drug-likeness (QED) is 0.817. The van der Waals surface area contributed by atoms with Crippen molar-refractivity contribution in [2.75, 3.05) is 10.6 Å². The molecule has 2 aromatic carbocycles. The standard InChI is InChI=1S/C20H21ClN2O2/c1-12(2)15-5-3-4-6-18(15)23-20(25)17-11-16(17)19(24)22-14-9-7-13(21)8-10-14/h3-10,12,16-17H,11H2,1-2H3,(H,22,24)(H,23,25). The monoisotopic (exact) mass is 356 g/mol. The summed E-state index contributed by atoms with van der Waals surface area (Å²) in [6.45, 7) is 4.18. The Balaban J connectivity index is 1.59. The van der Waals surface area contributed by atoms with Crippen LogP contribution in [0.3, 0.4) is 0 Å². The van der Waals surface area contributed by atoms with Gasteiger partial charge in [0.25, 0.3) is 0 Å². The largest absolute Gasteiger partial charge is 0.326 e. The lowest BCUT2D eigenvalue weighted by Crippen LogP contribution is -2.21. The average molecular weight is 357 g/mol. The van der Waals surface area contributed by atoms with E-state index in [4.69, 9.17) is 11.6 Å². The van der Waals surface area contributed by atoms with E-state index >= 15 is 0 Å². The van der Waals surface area contributed by atoms with Crippen molar-refractivity contribution in [2.24, 2.45) is 11.8 Å². The van der Waals surface area contributed by atoms with Crippen LogP contribution in [-0.2, 0) is 9.59 Å². The van der Waals surface area contributed by atoms with Crippen LogP contribution in [-0.4, -0.2) is 11.8 Å². The van der Waals surface area contributed by atoms with Gasteiger partial charge in [-0.05, 0) is 48.2 Å². The van der Waals surface area contributed by atoms with Crippen LogP contribution in [0, 0.1) is 11.8 Å². The summed E-state index contributed by atoms with van der Waals surface area (Å²) >= 11 is 5.83. The number of carbonyl (C=O) groups is 2. The van der Waals surface area contributed by atoms with E-state index in [1.165, 1.54) is 0 Å². The normalized spacial score (nSPS) is 18.7. The fraction of sp³-hybridized carbons (Fsp3) is 0.300. The van der Waals surface area contributed by atoms with Gasteiger partial charge in [0.05, 0.1) is 11.8 Å². The minimum absolute atomic E-state index is 0.0932. The lowest BCUT2D eigenvalue weighted by Gasteiger charge is -2.13. The summed E-state index contributed by atoms with van der Waals surface area (Å²) in [5.74, 6) is -0.446. The van der Waals surface area contributed by atoms with Crippen LogP contribution in [0.5, 0.6) is 0 Å². The summed E-state index contributed by atoms with van der Waals surface area (Å²) < 4.78 is 0. The minimum Gasteiger partial charge on any atom is -0.326 e. The van der Waals surface area contributed by atoms with Gasteiger partial charge in [-0.3, -0.25) is 9.59 Å². The zero-order chi connectivity index (χ0) is 18.0. The van der Waals surface area contributed by atoms with Gasteiger partial charge in [-0.25, -0.2) is 0 Å². The van der Waals surface area contributed by atoms with E-state index in [9.17, 15) is 9.59 Å². The lowest BCUT2D eigenvalue weighted by molar-refractivity contribution is -0.122. The lowest BCUT2D eigenvalue weighted by atomic mass is 10.0. The average Bonchev–Trinajstić information content (AvgIpc) is 3.38. The second kappa shape index (κ2) is 7.28. The molecule has 0 saturated heterocycles. The number of halogens is 1. The van der Waals surface area contributed by atoms with Crippen molar-refractivity contribution in [1.82, 2.24) is 0 Å². The summed E-state index contributed by atoms with van der Waals surface area (Å²) in [7, 11) is 0. The number of amides is 2. The number of hydrogen-bond donors (Lipinski definition) is 2. The molecule has 25 heavy (non-hydrogen) atoms. The van der Waals surface area contributed by atoms with Gasteiger partial charge in [0.2, 0.25) is 11.8 Å². The highest BCUT2D eigenvalue weighted by molar-refractivity contribution is 6.30. The number of rotatable bonds is 5. The molecule has 5 heteroatoms.